The number of aliphatic imine (C=N–C) groups is 1. The lowest BCUT2D eigenvalue weighted by atomic mass is 10.0. The Morgan fingerprint density at radius 2 is 1.93 bits per heavy atom. The van der Waals surface area contributed by atoms with E-state index >= 15 is 0 Å². The Balaban J connectivity index is 1.78. The van der Waals surface area contributed by atoms with Crippen molar-refractivity contribution in [3.8, 4) is 0 Å². The summed E-state index contributed by atoms with van der Waals surface area (Å²) in [6.07, 6.45) is 3.35. The Labute approximate surface area is 165 Å². The van der Waals surface area contributed by atoms with Crippen molar-refractivity contribution in [1.29, 1.82) is 0 Å². The van der Waals surface area contributed by atoms with Gasteiger partial charge in [0.15, 0.2) is 15.8 Å². The van der Waals surface area contributed by atoms with Crippen molar-refractivity contribution in [2.24, 2.45) is 10.9 Å². The second kappa shape index (κ2) is 10.1. The monoisotopic (exact) mass is 402 g/mol. The third-order valence-electron chi connectivity index (χ3n) is 5.38. The van der Waals surface area contributed by atoms with Crippen LogP contribution in [0.5, 0.6) is 0 Å². The zero-order chi connectivity index (χ0) is 19.9. The van der Waals surface area contributed by atoms with Crippen molar-refractivity contribution >= 4 is 15.8 Å². The summed E-state index contributed by atoms with van der Waals surface area (Å²) in [5, 5.41) is 6.73. The first-order chi connectivity index (χ1) is 12.7. The minimum absolute atomic E-state index is 0.0784. The molecule has 0 bridgehead atoms. The molecule has 2 aliphatic rings. The fourth-order valence-corrected chi connectivity index (χ4v) is 4.39. The molecule has 27 heavy (non-hydrogen) atoms. The fraction of sp³-hybridized carbons (Fsp3) is 0.947. The quantitative estimate of drug-likeness (QED) is 0.493. The number of nitrogens with one attached hydrogen (secondary N) is 2. The van der Waals surface area contributed by atoms with Gasteiger partial charge in [0.1, 0.15) is 0 Å². The van der Waals surface area contributed by atoms with E-state index in [0.29, 0.717) is 12.0 Å². The van der Waals surface area contributed by atoms with Gasteiger partial charge in [-0.3, -0.25) is 4.99 Å². The molecule has 0 saturated carbocycles. The Morgan fingerprint density at radius 3 is 2.48 bits per heavy atom. The fourth-order valence-electron chi connectivity index (χ4n) is 3.45. The maximum atomic E-state index is 12.2. The van der Waals surface area contributed by atoms with Gasteiger partial charge in [0.2, 0.25) is 0 Å². The van der Waals surface area contributed by atoms with Gasteiger partial charge in [-0.2, -0.15) is 0 Å². The molecule has 0 amide bonds. The molecule has 2 fully saturated rings. The summed E-state index contributed by atoms with van der Waals surface area (Å²) in [4.78, 5) is 7.03. The molecule has 0 aromatic rings. The number of hydrogen-bond acceptors (Lipinski definition) is 5. The number of ether oxygens (including phenoxy) is 1. The first-order valence-electron chi connectivity index (χ1n) is 10.3. The summed E-state index contributed by atoms with van der Waals surface area (Å²) in [7, 11) is -3.14. The van der Waals surface area contributed by atoms with E-state index in [1.807, 2.05) is 6.92 Å². The van der Waals surface area contributed by atoms with Gasteiger partial charge in [-0.1, -0.05) is 0 Å². The molecule has 0 aliphatic carbocycles. The normalized spacial score (nSPS) is 23.6. The van der Waals surface area contributed by atoms with E-state index in [1.54, 1.807) is 20.8 Å². The van der Waals surface area contributed by atoms with E-state index in [4.69, 9.17) is 4.74 Å². The van der Waals surface area contributed by atoms with Crippen LogP contribution >= 0.6 is 0 Å². The van der Waals surface area contributed by atoms with E-state index in [1.165, 1.54) is 6.42 Å². The highest BCUT2D eigenvalue weighted by Crippen LogP contribution is 2.18. The van der Waals surface area contributed by atoms with Crippen molar-refractivity contribution in [1.82, 2.24) is 15.5 Å². The van der Waals surface area contributed by atoms with Crippen LogP contribution in [0, 0.1) is 5.92 Å². The topological polar surface area (TPSA) is 83.0 Å². The molecule has 0 radical (unpaired) electrons. The largest absolute Gasteiger partial charge is 0.381 e. The molecular formula is C19H38N4O3S. The van der Waals surface area contributed by atoms with Crippen LogP contribution < -0.4 is 10.6 Å². The van der Waals surface area contributed by atoms with Gasteiger partial charge in [0.25, 0.3) is 0 Å². The number of hydrogen-bond donors (Lipinski definition) is 2. The lowest BCUT2D eigenvalue weighted by molar-refractivity contribution is 0.150. The third-order valence-corrected chi connectivity index (χ3v) is 7.96. The molecule has 1 atom stereocenters. The van der Waals surface area contributed by atoms with Crippen molar-refractivity contribution < 1.29 is 13.2 Å². The van der Waals surface area contributed by atoms with E-state index in [-0.39, 0.29) is 12.3 Å². The molecule has 2 N–H and O–H groups in total. The lowest BCUT2D eigenvalue weighted by Crippen LogP contribution is -2.49. The molecule has 2 rings (SSSR count). The lowest BCUT2D eigenvalue weighted by Gasteiger charge is -2.34. The third kappa shape index (κ3) is 7.23. The van der Waals surface area contributed by atoms with Gasteiger partial charge in [0.05, 0.1) is 23.7 Å². The molecule has 2 heterocycles. The molecule has 2 aliphatic heterocycles. The number of rotatable bonds is 7. The van der Waals surface area contributed by atoms with Crippen LogP contribution in [0.2, 0.25) is 0 Å². The Bertz CT molecular complexity index is 572. The van der Waals surface area contributed by atoms with E-state index < -0.39 is 14.6 Å². The Hall–Kier alpha value is -0.860. The van der Waals surface area contributed by atoms with Gasteiger partial charge >= 0.3 is 0 Å². The zero-order valence-electron chi connectivity index (χ0n) is 17.5. The summed E-state index contributed by atoms with van der Waals surface area (Å²) in [5.41, 5.74) is 0. The van der Waals surface area contributed by atoms with Gasteiger partial charge in [0, 0.05) is 38.8 Å². The van der Waals surface area contributed by atoms with E-state index in [0.717, 1.165) is 58.2 Å². The van der Waals surface area contributed by atoms with Crippen molar-refractivity contribution in [2.45, 2.75) is 57.7 Å². The summed E-state index contributed by atoms with van der Waals surface area (Å²) in [5.74, 6) is 1.50. The number of likely N-dealkylation sites (tertiary alicyclic amines) is 1. The van der Waals surface area contributed by atoms with Crippen LogP contribution in [0.4, 0.5) is 0 Å². The molecule has 7 nitrogen and oxygen atoms in total. The Kier molecular flexibility index (Phi) is 8.37. The Morgan fingerprint density at radius 1 is 1.22 bits per heavy atom. The number of guanidine groups is 1. The van der Waals surface area contributed by atoms with E-state index in [2.05, 4.69) is 20.5 Å². The first-order valence-corrected chi connectivity index (χ1v) is 11.9. The summed E-state index contributed by atoms with van der Waals surface area (Å²) in [6.45, 7) is 13.4. The number of sulfone groups is 1. The number of piperidine rings is 1. The predicted octanol–water partition coefficient (Wildman–Crippen LogP) is 1.26. The van der Waals surface area contributed by atoms with Crippen LogP contribution in [0.25, 0.3) is 0 Å². The smallest absolute Gasteiger partial charge is 0.191 e. The highest BCUT2D eigenvalue weighted by molar-refractivity contribution is 7.92. The van der Waals surface area contributed by atoms with Crippen LogP contribution in [0.3, 0.4) is 0 Å². The molecule has 0 aromatic carbocycles. The zero-order valence-corrected chi connectivity index (χ0v) is 18.3. The van der Waals surface area contributed by atoms with E-state index in [9.17, 15) is 8.42 Å². The van der Waals surface area contributed by atoms with Crippen LogP contribution in [-0.4, -0.2) is 81.8 Å². The molecule has 0 aromatic heterocycles. The minimum Gasteiger partial charge on any atom is -0.381 e. The molecule has 0 spiro atoms. The van der Waals surface area contributed by atoms with Gasteiger partial charge in [-0.25, -0.2) is 8.42 Å². The van der Waals surface area contributed by atoms with Crippen molar-refractivity contribution in [2.75, 3.05) is 51.7 Å². The molecule has 158 valence electrons. The van der Waals surface area contributed by atoms with Crippen LogP contribution in [-0.2, 0) is 14.6 Å². The summed E-state index contributed by atoms with van der Waals surface area (Å²) in [6, 6.07) is 0.387. The van der Waals surface area contributed by atoms with Crippen LogP contribution in [0.15, 0.2) is 4.99 Å². The number of nitrogens with zero attached hydrogens (tertiary/aromatic N) is 2. The second-order valence-electron chi connectivity index (χ2n) is 8.64. The SMILES string of the molecule is CCNC(=NCCS(=O)(=O)C(C)(C)C)NC1CCN(CC2CCOC2)CC1. The van der Waals surface area contributed by atoms with Gasteiger partial charge < -0.3 is 20.3 Å². The maximum Gasteiger partial charge on any atom is 0.191 e. The summed E-state index contributed by atoms with van der Waals surface area (Å²) < 4.78 is 29.2. The average molecular weight is 403 g/mol. The van der Waals surface area contributed by atoms with Gasteiger partial charge in [-0.05, 0) is 52.9 Å². The highest BCUT2D eigenvalue weighted by atomic mass is 32.2. The van der Waals surface area contributed by atoms with Crippen molar-refractivity contribution in [3.05, 3.63) is 0 Å². The molecular weight excluding hydrogens is 364 g/mol. The molecule has 8 heteroatoms. The standard InChI is InChI=1S/C19H38N4O3S/c1-5-20-18(21-9-13-27(24,25)19(2,3)4)22-17-6-10-23(11-7-17)14-16-8-12-26-15-16/h16-17H,5-15H2,1-4H3,(H2,20,21,22). The average Bonchev–Trinajstić information content (AvgIpc) is 3.08. The molecule has 1 unspecified atom stereocenters. The maximum absolute atomic E-state index is 12.2. The molecule has 2 saturated heterocycles. The second-order valence-corrected chi connectivity index (χ2v) is 11.5. The minimum atomic E-state index is -3.14. The van der Waals surface area contributed by atoms with Gasteiger partial charge in [-0.15, -0.1) is 0 Å². The van der Waals surface area contributed by atoms with Crippen LogP contribution in [0.1, 0.15) is 47.0 Å². The highest BCUT2D eigenvalue weighted by Gasteiger charge is 2.28. The first kappa shape index (κ1) is 22.4. The van der Waals surface area contributed by atoms with Crippen molar-refractivity contribution in [3.63, 3.8) is 0 Å². The predicted molar refractivity (Wildman–Crippen MR) is 111 cm³/mol. The summed E-state index contributed by atoms with van der Waals surface area (Å²) >= 11 is 0.